The standard InChI is InChI=1S/C16H25N5O2S/c1-12(2)21-7-4-5-16(14(21)23)6-8-20(10-16)13(22)9-24-15-18-17-11-19(15)3/h11-12H,4-10H2,1-3H3/t16-/m0/s1. The maximum absolute atomic E-state index is 12.9. The Balaban J connectivity index is 1.61. The van der Waals surface area contributed by atoms with Crippen molar-refractivity contribution in [2.45, 2.75) is 44.3 Å². The van der Waals surface area contributed by atoms with Crippen LogP contribution in [0.25, 0.3) is 0 Å². The molecule has 1 atom stereocenters. The van der Waals surface area contributed by atoms with Crippen LogP contribution < -0.4 is 0 Å². The topological polar surface area (TPSA) is 71.3 Å². The SMILES string of the molecule is CC(C)N1CCC[C@@]2(CCN(C(=O)CSc3nncn3C)C2)C1=O. The third-order valence-electron chi connectivity index (χ3n) is 5.09. The molecule has 0 aliphatic carbocycles. The lowest BCUT2D eigenvalue weighted by molar-refractivity contribution is -0.148. The number of piperidine rings is 1. The van der Waals surface area contributed by atoms with Crippen molar-refractivity contribution in [2.24, 2.45) is 12.5 Å². The number of carbonyl (C=O) groups excluding carboxylic acids is 2. The van der Waals surface area contributed by atoms with Crippen LogP contribution in [0.5, 0.6) is 0 Å². The summed E-state index contributed by atoms with van der Waals surface area (Å²) in [6, 6.07) is 0.228. The second kappa shape index (κ2) is 6.74. The number of thioether (sulfide) groups is 1. The molecule has 1 aromatic heterocycles. The Hall–Kier alpha value is -1.57. The van der Waals surface area contributed by atoms with E-state index in [4.69, 9.17) is 0 Å². The third kappa shape index (κ3) is 3.16. The minimum atomic E-state index is -0.354. The molecule has 2 amide bonds. The van der Waals surface area contributed by atoms with Gasteiger partial charge in [0.05, 0.1) is 11.2 Å². The molecule has 1 spiro atoms. The fraction of sp³-hybridized carbons (Fsp3) is 0.750. The molecule has 2 saturated heterocycles. The van der Waals surface area contributed by atoms with E-state index in [1.165, 1.54) is 11.8 Å². The predicted octanol–water partition coefficient (Wildman–Crippen LogP) is 1.16. The summed E-state index contributed by atoms with van der Waals surface area (Å²) in [5, 5.41) is 8.53. The van der Waals surface area contributed by atoms with Crippen LogP contribution in [0.2, 0.25) is 0 Å². The lowest BCUT2D eigenvalue weighted by Crippen LogP contribution is -2.52. The first-order valence-electron chi connectivity index (χ1n) is 8.48. The van der Waals surface area contributed by atoms with Crippen LogP contribution in [0.4, 0.5) is 0 Å². The van der Waals surface area contributed by atoms with Gasteiger partial charge in [0.15, 0.2) is 5.16 Å². The molecule has 24 heavy (non-hydrogen) atoms. The monoisotopic (exact) mass is 351 g/mol. The van der Waals surface area contributed by atoms with Crippen molar-refractivity contribution in [3.63, 3.8) is 0 Å². The van der Waals surface area contributed by atoms with Crippen LogP contribution in [0.3, 0.4) is 0 Å². The lowest BCUT2D eigenvalue weighted by Gasteiger charge is -2.41. The Kier molecular flexibility index (Phi) is 4.85. The first-order chi connectivity index (χ1) is 11.4. The van der Waals surface area contributed by atoms with Crippen molar-refractivity contribution < 1.29 is 9.59 Å². The number of aryl methyl sites for hydroxylation is 1. The first-order valence-corrected chi connectivity index (χ1v) is 9.47. The summed E-state index contributed by atoms with van der Waals surface area (Å²) in [5.74, 6) is 0.652. The highest BCUT2D eigenvalue weighted by atomic mass is 32.2. The molecule has 0 saturated carbocycles. The molecule has 2 aliphatic heterocycles. The van der Waals surface area contributed by atoms with Crippen molar-refractivity contribution in [1.29, 1.82) is 0 Å². The van der Waals surface area contributed by atoms with Crippen molar-refractivity contribution in [1.82, 2.24) is 24.6 Å². The van der Waals surface area contributed by atoms with E-state index < -0.39 is 0 Å². The summed E-state index contributed by atoms with van der Waals surface area (Å²) in [6.07, 6.45) is 4.34. The number of aromatic nitrogens is 3. The Labute approximate surface area is 146 Å². The summed E-state index contributed by atoms with van der Waals surface area (Å²) in [5.41, 5.74) is -0.354. The Morgan fingerprint density at radius 3 is 2.83 bits per heavy atom. The van der Waals surface area contributed by atoms with Gasteiger partial charge in [0, 0.05) is 32.7 Å². The molecule has 0 bridgehead atoms. The van der Waals surface area contributed by atoms with Crippen LogP contribution in [-0.4, -0.2) is 67.8 Å². The van der Waals surface area contributed by atoms with Gasteiger partial charge >= 0.3 is 0 Å². The molecule has 0 radical (unpaired) electrons. The van der Waals surface area contributed by atoms with Crippen LogP contribution in [0, 0.1) is 5.41 Å². The largest absolute Gasteiger partial charge is 0.341 e. The third-order valence-corrected chi connectivity index (χ3v) is 6.11. The summed E-state index contributed by atoms with van der Waals surface area (Å²) in [6.45, 7) is 6.20. The highest BCUT2D eigenvalue weighted by Gasteiger charge is 2.49. The molecule has 3 rings (SSSR count). The fourth-order valence-electron chi connectivity index (χ4n) is 3.68. The average Bonchev–Trinajstić information content (AvgIpc) is 3.15. The van der Waals surface area contributed by atoms with Gasteiger partial charge in [-0.25, -0.2) is 0 Å². The highest BCUT2D eigenvalue weighted by molar-refractivity contribution is 7.99. The maximum atomic E-state index is 12.9. The molecule has 132 valence electrons. The normalized spacial score (nSPS) is 24.4. The van der Waals surface area contributed by atoms with E-state index in [1.54, 1.807) is 10.9 Å². The molecule has 2 aliphatic rings. The van der Waals surface area contributed by atoms with Gasteiger partial charge in [-0.2, -0.15) is 0 Å². The smallest absolute Gasteiger partial charge is 0.233 e. The number of nitrogens with zero attached hydrogens (tertiary/aromatic N) is 5. The van der Waals surface area contributed by atoms with Crippen LogP contribution >= 0.6 is 11.8 Å². The van der Waals surface area contributed by atoms with Gasteiger partial charge in [-0.1, -0.05) is 11.8 Å². The zero-order chi connectivity index (χ0) is 17.3. The van der Waals surface area contributed by atoms with Gasteiger partial charge in [0.25, 0.3) is 0 Å². The molecule has 2 fully saturated rings. The molecule has 7 nitrogen and oxygen atoms in total. The van der Waals surface area contributed by atoms with E-state index in [0.29, 0.717) is 18.8 Å². The molecule has 0 aromatic carbocycles. The Morgan fingerprint density at radius 2 is 2.17 bits per heavy atom. The predicted molar refractivity (Wildman–Crippen MR) is 91.4 cm³/mol. The van der Waals surface area contributed by atoms with E-state index in [9.17, 15) is 9.59 Å². The van der Waals surface area contributed by atoms with Crippen molar-refractivity contribution >= 4 is 23.6 Å². The Bertz CT molecular complexity index is 632. The van der Waals surface area contributed by atoms with E-state index in [-0.39, 0.29) is 23.3 Å². The highest BCUT2D eigenvalue weighted by Crippen LogP contribution is 2.40. The van der Waals surface area contributed by atoms with Gasteiger partial charge in [-0.15, -0.1) is 10.2 Å². The van der Waals surface area contributed by atoms with E-state index in [2.05, 4.69) is 24.0 Å². The van der Waals surface area contributed by atoms with E-state index >= 15 is 0 Å². The van der Waals surface area contributed by atoms with Gasteiger partial charge in [-0.05, 0) is 33.1 Å². The summed E-state index contributed by atoms with van der Waals surface area (Å²) >= 11 is 1.39. The lowest BCUT2D eigenvalue weighted by atomic mass is 9.78. The summed E-state index contributed by atoms with van der Waals surface area (Å²) < 4.78 is 1.80. The molecule has 1 aromatic rings. The van der Waals surface area contributed by atoms with Gasteiger partial charge in [0.1, 0.15) is 6.33 Å². The quantitative estimate of drug-likeness (QED) is 0.761. The minimum Gasteiger partial charge on any atom is -0.341 e. The minimum absolute atomic E-state index is 0.0781. The molecular formula is C16H25N5O2S. The van der Waals surface area contributed by atoms with Crippen molar-refractivity contribution in [3.8, 4) is 0 Å². The molecular weight excluding hydrogens is 326 g/mol. The van der Waals surface area contributed by atoms with Gasteiger partial charge < -0.3 is 14.4 Å². The average molecular weight is 351 g/mol. The van der Waals surface area contributed by atoms with Crippen LogP contribution in [-0.2, 0) is 16.6 Å². The van der Waals surface area contributed by atoms with Gasteiger partial charge in [0.2, 0.25) is 11.8 Å². The summed E-state index contributed by atoms with van der Waals surface area (Å²) in [7, 11) is 1.86. The molecule has 3 heterocycles. The second-order valence-corrected chi connectivity index (χ2v) is 8.00. The van der Waals surface area contributed by atoms with E-state index in [0.717, 1.165) is 31.0 Å². The number of likely N-dealkylation sites (tertiary alicyclic amines) is 2. The molecule has 0 unspecified atom stereocenters. The molecule has 0 N–H and O–H groups in total. The molecule has 8 heteroatoms. The number of rotatable bonds is 4. The summed E-state index contributed by atoms with van der Waals surface area (Å²) in [4.78, 5) is 29.3. The zero-order valence-electron chi connectivity index (χ0n) is 14.6. The second-order valence-electron chi connectivity index (χ2n) is 7.05. The van der Waals surface area contributed by atoms with E-state index in [1.807, 2.05) is 16.8 Å². The Morgan fingerprint density at radius 1 is 1.38 bits per heavy atom. The maximum Gasteiger partial charge on any atom is 0.233 e. The van der Waals surface area contributed by atoms with Crippen LogP contribution in [0.1, 0.15) is 33.1 Å². The van der Waals surface area contributed by atoms with Crippen molar-refractivity contribution in [2.75, 3.05) is 25.4 Å². The fourth-order valence-corrected chi connectivity index (χ4v) is 4.47. The number of hydrogen-bond donors (Lipinski definition) is 0. The van der Waals surface area contributed by atoms with Gasteiger partial charge in [-0.3, -0.25) is 9.59 Å². The number of carbonyl (C=O) groups is 2. The number of amides is 2. The number of hydrogen-bond acceptors (Lipinski definition) is 5. The van der Waals surface area contributed by atoms with Crippen LogP contribution in [0.15, 0.2) is 11.5 Å². The van der Waals surface area contributed by atoms with Crippen molar-refractivity contribution in [3.05, 3.63) is 6.33 Å². The first kappa shape index (κ1) is 17.3. The zero-order valence-corrected chi connectivity index (χ0v) is 15.4.